The van der Waals surface area contributed by atoms with Crippen molar-refractivity contribution in [3.8, 4) is 11.3 Å². The fourth-order valence-electron chi connectivity index (χ4n) is 3.12. The fourth-order valence-corrected chi connectivity index (χ4v) is 3.38. The Morgan fingerprint density at radius 1 is 1.17 bits per heavy atom. The first-order chi connectivity index (χ1) is 14.0. The number of amides is 1. The minimum absolute atomic E-state index is 0.177. The Bertz CT molecular complexity index is 872. The van der Waals surface area contributed by atoms with Crippen LogP contribution < -0.4 is 0 Å². The average molecular weight is 464 g/mol. The van der Waals surface area contributed by atoms with Crippen LogP contribution >= 0.6 is 15.9 Å². The number of halogens is 1. The highest BCUT2D eigenvalue weighted by Crippen LogP contribution is 2.21. The lowest BCUT2D eigenvalue weighted by Gasteiger charge is -2.30. The van der Waals surface area contributed by atoms with Crippen molar-refractivity contribution in [1.29, 1.82) is 0 Å². The van der Waals surface area contributed by atoms with Gasteiger partial charge in [0.15, 0.2) is 6.61 Å². The SMILES string of the molecule is CCOC(=O)C1CCN(C(=O)COC(=O)c2cc(-c3ccc(Br)cc3)n[nH]2)CC1. The molecule has 154 valence electrons. The maximum absolute atomic E-state index is 12.3. The van der Waals surface area contributed by atoms with E-state index < -0.39 is 5.97 Å². The number of benzene rings is 1. The summed E-state index contributed by atoms with van der Waals surface area (Å²) in [6, 6.07) is 9.09. The van der Waals surface area contributed by atoms with Crippen LogP contribution in [0.5, 0.6) is 0 Å². The van der Waals surface area contributed by atoms with Crippen LogP contribution in [0.3, 0.4) is 0 Å². The second-order valence-electron chi connectivity index (χ2n) is 6.66. The number of hydrogen-bond donors (Lipinski definition) is 1. The molecule has 3 rings (SSSR count). The van der Waals surface area contributed by atoms with Crippen molar-refractivity contribution in [3.05, 3.63) is 40.5 Å². The predicted molar refractivity (Wildman–Crippen MR) is 108 cm³/mol. The standard InChI is InChI=1S/C20H22BrN3O5/c1-2-28-19(26)14-7-9-24(10-8-14)18(25)12-29-20(27)17-11-16(22-23-17)13-3-5-15(21)6-4-13/h3-6,11,14H,2,7-10,12H2,1H3,(H,22,23). The number of hydrogen-bond acceptors (Lipinski definition) is 6. The minimum Gasteiger partial charge on any atom is -0.466 e. The van der Waals surface area contributed by atoms with E-state index in [0.717, 1.165) is 10.0 Å². The Hall–Kier alpha value is -2.68. The van der Waals surface area contributed by atoms with Gasteiger partial charge in [-0.1, -0.05) is 28.1 Å². The molecule has 0 radical (unpaired) electrons. The number of nitrogens with zero attached hydrogens (tertiary/aromatic N) is 2. The molecular weight excluding hydrogens is 442 g/mol. The van der Waals surface area contributed by atoms with Gasteiger partial charge in [0.25, 0.3) is 5.91 Å². The van der Waals surface area contributed by atoms with Gasteiger partial charge in [-0.15, -0.1) is 0 Å². The molecule has 29 heavy (non-hydrogen) atoms. The molecule has 1 aromatic carbocycles. The third kappa shape index (κ3) is 5.44. The smallest absolute Gasteiger partial charge is 0.356 e. The Morgan fingerprint density at radius 2 is 1.86 bits per heavy atom. The fraction of sp³-hybridized carbons (Fsp3) is 0.400. The van der Waals surface area contributed by atoms with Gasteiger partial charge in [0.05, 0.1) is 18.2 Å². The van der Waals surface area contributed by atoms with Gasteiger partial charge in [-0.05, 0) is 38.0 Å². The lowest BCUT2D eigenvalue weighted by molar-refractivity contribution is -0.151. The molecule has 1 aromatic heterocycles. The van der Waals surface area contributed by atoms with Crippen molar-refractivity contribution in [2.45, 2.75) is 19.8 Å². The summed E-state index contributed by atoms with van der Waals surface area (Å²) >= 11 is 3.37. The summed E-state index contributed by atoms with van der Waals surface area (Å²) in [5.41, 5.74) is 1.64. The van der Waals surface area contributed by atoms with Crippen LogP contribution in [-0.2, 0) is 19.1 Å². The molecule has 2 aromatic rings. The summed E-state index contributed by atoms with van der Waals surface area (Å²) in [7, 11) is 0. The van der Waals surface area contributed by atoms with Crippen LogP contribution in [0.25, 0.3) is 11.3 Å². The molecule has 1 N–H and O–H groups in total. The normalized spacial score (nSPS) is 14.5. The maximum Gasteiger partial charge on any atom is 0.356 e. The van der Waals surface area contributed by atoms with Crippen LogP contribution in [0.4, 0.5) is 0 Å². The number of aromatic nitrogens is 2. The van der Waals surface area contributed by atoms with E-state index in [0.29, 0.717) is 38.2 Å². The summed E-state index contributed by atoms with van der Waals surface area (Å²) in [5.74, 6) is -1.32. The van der Waals surface area contributed by atoms with E-state index >= 15 is 0 Å². The van der Waals surface area contributed by atoms with Gasteiger partial charge >= 0.3 is 11.9 Å². The molecule has 0 atom stereocenters. The van der Waals surface area contributed by atoms with Crippen molar-refractivity contribution in [3.63, 3.8) is 0 Å². The Labute approximate surface area is 176 Å². The van der Waals surface area contributed by atoms with Gasteiger partial charge in [0.2, 0.25) is 0 Å². The van der Waals surface area contributed by atoms with E-state index in [2.05, 4.69) is 26.1 Å². The van der Waals surface area contributed by atoms with E-state index in [1.54, 1.807) is 17.9 Å². The summed E-state index contributed by atoms with van der Waals surface area (Å²) in [5, 5.41) is 6.75. The molecule has 1 fully saturated rings. The quantitative estimate of drug-likeness (QED) is 0.660. The molecule has 0 spiro atoms. The number of carbonyl (C=O) groups is 3. The largest absolute Gasteiger partial charge is 0.466 e. The average Bonchev–Trinajstić information content (AvgIpc) is 3.23. The first kappa shape index (κ1) is 21.0. The van der Waals surface area contributed by atoms with Crippen LogP contribution in [0.2, 0.25) is 0 Å². The number of aromatic amines is 1. The highest BCUT2D eigenvalue weighted by atomic mass is 79.9. The second-order valence-corrected chi connectivity index (χ2v) is 7.57. The molecular formula is C20H22BrN3O5. The summed E-state index contributed by atoms with van der Waals surface area (Å²) in [6.45, 7) is 2.66. The molecule has 1 saturated heterocycles. The number of esters is 2. The summed E-state index contributed by atoms with van der Waals surface area (Å²) in [6.07, 6.45) is 1.10. The van der Waals surface area contributed by atoms with Crippen LogP contribution in [0, 0.1) is 5.92 Å². The van der Waals surface area contributed by atoms with Crippen molar-refractivity contribution in [2.24, 2.45) is 5.92 Å². The van der Waals surface area contributed by atoms with Crippen molar-refractivity contribution in [2.75, 3.05) is 26.3 Å². The first-order valence-corrected chi connectivity index (χ1v) is 10.2. The van der Waals surface area contributed by atoms with Gasteiger partial charge < -0.3 is 14.4 Å². The van der Waals surface area contributed by atoms with Gasteiger partial charge in [0, 0.05) is 23.1 Å². The van der Waals surface area contributed by atoms with Crippen LogP contribution in [0.15, 0.2) is 34.8 Å². The van der Waals surface area contributed by atoms with Crippen LogP contribution in [0.1, 0.15) is 30.3 Å². The zero-order chi connectivity index (χ0) is 20.8. The Balaban J connectivity index is 1.48. The van der Waals surface area contributed by atoms with Crippen molar-refractivity contribution in [1.82, 2.24) is 15.1 Å². The molecule has 0 saturated carbocycles. The van der Waals surface area contributed by atoms with Crippen molar-refractivity contribution < 1.29 is 23.9 Å². The number of rotatable bonds is 6. The molecule has 0 bridgehead atoms. The third-order valence-corrected chi connectivity index (χ3v) is 5.26. The monoisotopic (exact) mass is 463 g/mol. The summed E-state index contributed by atoms with van der Waals surface area (Å²) in [4.78, 5) is 37.9. The highest BCUT2D eigenvalue weighted by Gasteiger charge is 2.28. The number of piperidine rings is 1. The molecule has 9 heteroatoms. The maximum atomic E-state index is 12.3. The molecule has 1 amide bonds. The van der Waals surface area contributed by atoms with Gasteiger partial charge in [-0.25, -0.2) is 4.79 Å². The molecule has 1 aliphatic rings. The number of H-pyrrole nitrogens is 1. The Morgan fingerprint density at radius 3 is 2.52 bits per heavy atom. The van der Waals surface area contributed by atoms with E-state index in [-0.39, 0.29) is 30.1 Å². The van der Waals surface area contributed by atoms with E-state index in [9.17, 15) is 14.4 Å². The number of ether oxygens (including phenoxy) is 2. The Kier molecular flexibility index (Phi) is 7.03. The lowest BCUT2D eigenvalue weighted by Crippen LogP contribution is -2.42. The zero-order valence-corrected chi connectivity index (χ0v) is 17.6. The number of nitrogens with one attached hydrogen (secondary N) is 1. The number of carbonyl (C=O) groups excluding carboxylic acids is 3. The topological polar surface area (TPSA) is 102 Å². The lowest BCUT2D eigenvalue weighted by atomic mass is 9.97. The molecule has 0 unspecified atom stereocenters. The van der Waals surface area contributed by atoms with Crippen molar-refractivity contribution >= 4 is 33.8 Å². The van der Waals surface area contributed by atoms with E-state index in [1.807, 2.05) is 24.3 Å². The van der Waals surface area contributed by atoms with Crippen LogP contribution in [-0.4, -0.2) is 59.2 Å². The molecule has 2 heterocycles. The zero-order valence-electron chi connectivity index (χ0n) is 16.0. The second kappa shape index (κ2) is 9.69. The van der Waals surface area contributed by atoms with E-state index in [4.69, 9.17) is 9.47 Å². The van der Waals surface area contributed by atoms with Gasteiger partial charge in [-0.3, -0.25) is 14.7 Å². The first-order valence-electron chi connectivity index (χ1n) is 9.40. The van der Waals surface area contributed by atoms with Gasteiger partial charge in [-0.2, -0.15) is 5.10 Å². The number of likely N-dealkylation sites (tertiary alicyclic amines) is 1. The molecule has 0 aliphatic carbocycles. The minimum atomic E-state index is -0.643. The van der Waals surface area contributed by atoms with E-state index in [1.165, 1.54) is 0 Å². The third-order valence-electron chi connectivity index (χ3n) is 4.73. The predicted octanol–water partition coefficient (Wildman–Crippen LogP) is 2.80. The molecule has 1 aliphatic heterocycles. The van der Waals surface area contributed by atoms with Gasteiger partial charge in [0.1, 0.15) is 5.69 Å². The molecule has 8 nitrogen and oxygen atoms in total. The summed E-state index contributed by atoms with van der Waals surface area (Å²) < 4.78 is 11.1. The highest BCUT2D eigenvalue weighted by molar-refractivity contribution is 9.10.